The fourth-order valence-electron chi connectivity index (χ4n) is 4.35. The summed E-state index contributed by atoms with van der Waals surface area (Å²) < 4.78 is 7.85. The summed E-state index contributed by atoms with van der Waals surface area (Å²) in [6, 6.07) is 20.0. The van der Waals surface area contributed by atoms with Crippen molar-refractivity contribution in [1.82, 2.24) is 14.8 Å². The van der Waals surface area contributed by atoms with Gasteiger partial charge in [-0.25, -0.2) is 0 Å². The molecule has 0 radical (unpaired) electrons. The maximum atomic E-state index is 13.2. The first-order valence-electron chi connectivity index (χ1n) is 10.5. The number of hydrogen-bond donors (Lipinski definition) is 0. The third kappa shape index (κ3) is 3.34. The van der Waals surface area contributed by atoms with Gasteiger partial charge in [0, 0.05) is 25.3 Å². The van der Waals surface area contributed by atoms with Crippen molar-refractivity contribution < 1.29 is 9.53 Å². The number of rotatable bonds is 4. The summed E-state index contributed by atoms with van der Waals surface area (Å²) in [5, 5.41) is 5.54. The van der Waals surface area contributed by atoms with Crippen LogP contribution in [0.2, 0.25) is 0 Å². The predicted molar refractivity (Wildman–Crippen MR) is 121 cm³/mol. The van der Waals surface area contributed by atoms with Crippen molar-refractivity contribution in [1.29, 1.82) is 0 Å². The number of aromatic nitrogens is 3. The molecule has 6 nitrogen and oxygen atoms in total. The van der Waals surface area contributed by atoms with Crippen LogP contribution in [0.1, 0.15) is 18.2 Å². The van der Waals surface area contributed by atoms with E-state index in [0.717, 1.165) is 40.0 Å². The maximum Gasteiger partial charge on any atom is 0.267 e. The molecule has 0 saturated carbocycles. The first-order valence-corrected chi connectivity index (χ1v) is 10.5. The second-order valence-corrected chi connectivity index (χ2v) is 7.91. The molecule has 0 unspecified atom stereocenters. The predicted octanol–water partition coefficient (Wildman–Crippen LogP) is 4.30. The van der Waals surface area contributed by atoms with Gasteiger partial charge >= 0.3 is 0 Å². The number of pyridine rings is 1. The van der Waals surface area contributed by atoms with Crippen LogP contribution in [0.5, 0.6) is 5.88 Å². The summed E-state index contributed by atoms with van der Waals surface area (Å²) in [7, 11) is 1.87. The fraction of sp³-hybridized carbons (Fsp3) is 0.240. The minimum atomic E-state index is -0.658. The van der Waals surface area contributed by atoms with E-state index < -0.39 is 6.10 Å². The van der Waals surface area contributed by atoms with E-state index in [0.29, 0.717) is 12.4 Å². The van der Waals surface area contributed by atoms with Crippen LogP contribution in [0.3, 0.4) is 0 Å². The van der Waals surface area contributed by atoms with Crippen LogP contribution >= 0.6 is 0 Å². The standard InChI is InChI=1S/C25H24N4O2/c1-16-23-20(18-9-5-4-6-10-18)15-22(26-24(23)28(3)27-16)31-17(2)25(30)29-14-13-19-11-7-8-12-21(19)29/h4-12,15,17H,13-14H2,1-3H3/t17-/m1/s1. The van der Waals surface area contributed by atoms with Gasteiger partial charge < -0.3 is 9.64 Å². The topological polar surface area (TPSA) is 60.2 Å². The molecule has 1 aliphatic rings. The molecule has 4 aromatic rings. The lowest BCUT2D eigenvalue weighted by atomic mass is 10.0. The monoisotopic (exact) mass is 412 g/mol. The molecule has 3 heterocycles. The Hall–Kier alpha value is -3.67. The molecule has 0 fully saturated rings. The average molecular weight is 412 g/mol. The summed E-state index contributed by atoms with van der Waals surface area (Å²) in [6.45, 7) is 4.44. The highest BCUT2D eigenvalue weighted by Crippen LogP contribution is 2.33. The molecule has 0 saturated heterocycles. The van der Waals surface area contributed by atoms with Crippen molar-refractivity contribution >= 4 is 22.6 Å². The summed E-state index contributed by atoms with van der Waals surface area (Å²) in [4.78, 5) is 19.7. The van der Waals surface area contributed by atoms with Gasteiger partial charge in [0.1, 0.15) is 0 Å². The van der Waals surface area contributed by atoms with Gasteiger partial charge in [0.25, 0.3) is 5.91 Å². The second-order valence-electron chi connectivity index (χ2n) is 7.91. The highest BCUT2D eigenvalue weighted by Gasteiger charge is 2.29. The number of carbonyl (C=O) groups excluding carboxylic acids is 1. The second kappa shape index (κ2) is 7.54. The van der Waals surface area contributed by atoms with Crippen LogP contribution in [0.25, 0.3) is 22.2 Å². The molecule has 0 spiro atoms. The van der Waals surface area contributed by atoms with Crippen molar-refractivity contribution in [3.63, 3.8) is 0 Å². The molecule has 31 heavy (non-hydrogen) atoms. The number of carbonyl (C=O) groups is 1. The van der Waals surface area contributed by atoms with E-state index in [1.165, 1.54) is 5.56 Å². The van der Waals surface area contributed by atoms with E-state index in [9.17, 15) is 4.79 Å². The molecule has 2 aromatic carbocycles. The van der Waals surface area contributed by atoms with Crippen LogP contribution in [0.4, 0.5) is 5.69 Å². The number of anilines is 1. The zero-order chi connectivity index (χ0) is 21.5. The van der Waals surface area contributed by atoms with Crippen molar-refractivity contribution in [2.24, 2.45) is 7.05 Å². The van der Waals surface area contributed by atoms with E-state index in [1.54, 1.807) is 11.6 Å². The van der Waals surface area contributed by atoms with E-state index in [4.69, 9.17) is 4.74 Å². The Morgan fingerprint density at radius 1 is 1.10 bits per heavy atom. The van der Waals surface area contributed by atoms with Crippen LogP contribution in [0, 0.1) is 6.92 Å². The lowest BCUT2D eigenvalue weighted by Crippen LogP contribution is -2.39. The van der Waals surface area contributed by atoms with Crippen LogP contribution in [-0.2, 0) is 18.3 Å². The molecule has 1 amide bonds. The minimum absolute atomic E-state index is 0.0608. The summed E-state index contributed by atoms with van der Waals surface area (Å²) in [5.74, 6) is 0.358. The lowest BCUT2D eigenvalue weighted by Gasteiger charge is -2.22. The van der Waals surface area contributed by atoms with Crippen molar-refractivity contribution in [2.45, 2.75) is 26.4 Å². The number of aryl methyl sites for hydroxylation is 2. The van der Waals surface area contributed by atoms with Crippen molar-refractivity contribution in [2.75, 3.05) is 11.4 Å². The molecule has 1 aliphatic heterocycles. The summed E-state index contributed by atoms with van der Waals surface area (Å²) in [6.07, 6.45) is 0.208. The quantitative estimate of drug-likeness (QED) is 0.501. The lowest BCUT2D eigenvalue weighted by molar-refractivity contribution is -0.124. The fourth-order valence-corrected chi connectivity index (χ4v) is 4.35. The first-order chi connectivity index (χ1) is 15.0. The van der Waals surface area contributed by atoms with Gasteiger partial charge in [0.05, 0.1) is 11.1 Å². The molecule has 2 aromatic heterocycles. The maximum absolute atomic E-state index is 13.2. The Bertz CT molecular complexity index is 1280. The first kappa shape index (κ1) is 19.3. The highest BCUT2D eigenvalue weighted by atomic mass is 16.5. The summed E-state index contributed by atoms with van der Waals surface area (Å²) >= 11 is 0. The zero-order valence-corrected chi connectivity index (χ0v) is 17.9. The number of hydrogen-bond acceptors (Lipinski definition) is 4. The van der Waals surface area contributed by atoms with Crippen molar-refractivity contribution in [3.05, 3.63) is 71.9 Å². The van der Waals surface area contributed by atoms with E-state index in [-0.39, 0.29) is 5.91 Å². The molecule has 156 valence electrons. The number of para-hydroxylation sites is 1. The van der Waals surface area contributed by atoms with Crippen molar-refractivity contribution in [3.8, 4) is 17.0 Å². The molecular formula is C25H24N4O2. The Morgan fingerprint density at radius 2 is 1.84 bits per heavy atom. The van der Waals surface area contributed by atoms with E-state index in [2.05, 4.69) is 28.3 Å². The molecule has 0 bridgehead atoms. The van der Waals surface area contributed by atoms with E-state index >= 15 is 0 Å². The Labute approximate surface area is 181 Å². The molecule has 5 rings (SSSR count). The third-order valence-corrected chi connectivity index (χ3v) is 5.83. The molecule has 0 N–H and O–H groups in total. The summed E-state index contributed by atoms with van der Waals surface area (Å²) in [5.41, 5.74) is 5.87. The molecular weight excluding hydrogens is 388 g/mol. The number of nitrogens with zero attached hydrogens (tertiary/aromatic N) is 4. The van der Waals surface area contributed by atoms with Gasteiger partial charge in [0.2, 0.25) is 5.88 Å². The van der Waals surface area contributed by atoms with E-state index in [1.807, 2.05) is 61.3 Å². The van der Waals surface area contributed by atoms with Gasteiger partial charge in [0.15, 0.2) is 11.8 Å². The Balaban J connectivity index is 1.50. The third-order valence-electron chi connectivity index (χ3n) is 5.83. The Kier molecular flexibility index (Phi) is 4.70. The number of amides is 1. The van der Waals surface area contributed by atoms with Gasteiger partial charge in [-0.3, -0.25) is 9.48 Å². The number of benzene rings is 2. The largest absolute Gasteiger partial charge is 0.464 e. The highest BCUT2D eigenvalue weighted by molar-refractivity contribution is 5.99. The van der Waals surface area contributed by atoms with Crippen LogP contribution in [-0.4, -0.2) is 33.3 Å². The minimum Gasteiger partial charge on any atom is -0.464 e. The van der Waals surface area contributed by atoms with Gasteiger partial charge in [-0.15, -0.1) is 0 Å². The number of ether oxygens (including phenoxy) is 1. The zero-order valence-electron chi connectivity index (χ0n) is 17.9. The molecule has 0 aliphatic carbocycles. The van der Waals surface area contributed by atoms with Crippen LogP contribution < -0.4 is 9.64 Å². The normalized spacial score (nSPS) is 14.0. The molecule has 1 atom stereocenters. The Morgan fingerprint density at radius 3 is 2.65 bits per heavy atom. The van der Waals surface area contributed by atoms with Gasteiger partial charge in [-0.1, -0.05) is 48.5 Å². The van der Waals surface area contributed by atoms with Gasteiger partial charge in [-0.2, -0.15) is 10.1 Å². The number of fused-ring (bicyclic) bond motifs is 2. The SMILES string of the molecule is Cc1nn(C)c2nc(O[C@H](C)C(=O)N3CCc4ccccc43)cc(-c3ccccc3)c12. The van der Waals surface area contributed by atoms with Crippen LogP contribution in [0.15, 0.2) is 60.7 Å². The van der Waals surface area contributed by atoms with Gasteiger partial charge in [-0.05, 0) is 43.0 Å². The average Bonchev–Trinajstić information content (AvgIpc) is 3.34. The smallest absolute Gasteiger partial charge is 0.267 e. The molecule has 6 heteroatoms.